The first kappa shape index (κ1) is 19.6. The van der Waals surface area contributed by atoms with Crippen LogP contribution in [0, 0.1) is 0 Å². The highest BCUT2D eigenvalue weighted by molar-refractivity contribution is 5.63. The maximum atomic E-state index is 12.3. The van der Waals surface area contributed by atoms with Crippen LogP contribution in [0.4, 0.5) is 19.0 Å². The van der Waals surface area contributed by atoms with Crippen LogP contribution in [-0.4, -0.2) is 27.5 Å². The average molecular weight is 389 g/mol. The normalized spacial score (nSPS) is 13.6. The van der Waals surface area contributed by atoms with Crippen LogP contribution >= 0.6 is 0 Å². The third-order valence-electron chi connectivity index (χ3n) is 4.04. The van der Waals surface area contributed by atoms with Crippen molar-refractivity contribution in [2.75, 3.05) is 5.32 Å². The summed E-state index contributed by atoms with van der Waals surface area (Å²) in [4.78, 5) is 8.29. The van der Waals surface area contributed by atoms with Gasteiger partial charge in [-0.2, -0.15) is 0 Å². The molecule has 1 heterocycles. The van der Waals surface area contributed by atoms with Gasteiger partial charge in [-0.3, -0.25) is 0 Å². The molecule has 3 aromatic rings. The number of aromatic nitrogens is 2. The number of hydrogen-bond donors (Lipinski definition) is 2. The van der Waals surface area contributed by atoms with E-state index in [1.54, 1.807) is 6.07 Å². The highest BCUT2D eigenvalue weighted by Crippen LogP contribution is 2.27. The third kappa shape index (κ3) is 5.20. The zero-order valence-electron chi connectivity index (χ0n) is 14.9. The molecule has 0 radical (unpaired) electrons. The highest BCUT2D eigenvalue weighted by Gasteiger charge is 2.31. The molecule has 146 valence electrons. The number of aliphatic hydroxyl groups is 1. The molecule has 0 aliphatic rings. The van der Waals surface area contributed by atoms with Gasteiger partial charge in [0, 0.05) is 11.6 Å². The van der Waals surface area contributed by atoms with E-state index in [9.17, 15) is 18.3 Å². The van der Waals surface area contributed by atoms with Crippen molar-refractivity contribution in [1.29, 1.82) is 0 Å². The predicted octanol–water partition coefficient (Wildman–Crippen LogP) is 4.58. The Kier molecular flexibility index (Phi) is 5.79. The average Bonchev–Trinajstić information content (AvgIpc) is 2.67. The minimum Gasteiger partial charge on any atom is -0.406 e. The molecule has 2 atom stereocenters. The number of aliphatic hydroxyl groups excluding tert-OH is 1. The molecule has 0 unspecified atom stereocenters. The van der Waals surface area contributed by atoms with Crippen LogP contribution in [0.1, 0.15) is 18.6 Å². The van der Waals surface area contributed by atoms with Crippen LogP contribution in [0.25, 0.3) is 11.3 Å². The molecule has 2 aromatic carbocycles. The number of anilines is 1. The van der Waals surface area contributed by atoms with E-state index in [1.165, 1.54) is 30.6 Å². The molecule has 1 aromatic heterocycles. The monoisotopic (exact) mass is 389 g/mol. The summed E-state index contributed by atoms with van der Waals surface area (Å²) in [5.41, 5.74) is 1.91. The Morgan fingerprint density at radius 2 is 1.68 bits per heavy atom. The van der Waals surface area contributed by atoms with Crippen LogP contribution in [0.3, 0.4) is 0 Å². The molecule has 5 nitrogen and oxygen atoms in total. The summed E-state index contributed by atoms with van der Waals surface area (Å²) < 4.78 is 40.6. The minimum atomic E-state index is -4.73. The van der Waals surface area contributed by atoms with Gasteiger partial charge in [0.05, 0.1) is 17.8 Å². The highest BCUT2D eigenvalue weighted by atomic mass is 19.4. The summed E-state index contributed by atoms with van der Waals surface area (Å²) in [6.07, 6.45) is -4.12. The smallest absolute Gasteiger partial charge is 0.406 e. The van der Waals surface area contributed by atoms with Crippen molar-refractivity contribution in [2.45, 2.75) is 25.4 Å². The van der Waals surface area contributed by atoms with Crippen LogP contribution in [0.2, 0.25) is 0 Å². The van der Waals surface area contributed by atoms with Gasteiger partial charge in [0.15, 0.2) is 0 Å². The molecule has 2 N–H and O–H groups in total. The molecule has 0 saturated carbocycles. The van der Waals surface area contributed by atoms with Crippen LogP contribution in [0.5, 0.6) is 5.75 Å². The summed E-state index contributed by atoms with van der Waals surface area (Å²) in [5, 5.41) is 13.6. The fraction of sp³-hybridized carbons (Fsp3) is 0.200. The third-order valence-corrected chi connectivity index (χ3v) is 4.04. The molecule has 0 aliphatic heterocycles. The van der Waals surface area contributed by atoms with E-state index in [0.717, 1.165) is 5.56 Å². The van der Waals surface area contributed by atoms with Crippen LogP contribution in [-0.2, 0) is 0 Å². The first-order chi connectivity index (χ1) is 13.3. The van der Waals surface area contributed by atoms with Crippen LogP contribution < -0.4 is 10.1 Å². The van der Waals surface area contributed by atoms with Gasteiger partial charge in [0.25, 0.3) is 0 Å². The first-order valence-corrected chi connectivity index (χ1v) is 8.49. The molecular weight excluding hydrogens is 371 g/mol. The van der Waals surface area contributed by atoms with E-state index < -0.39 is 12.5 Å². The van der Waals surface area contributed by atoms with Crippen molar-refractivity contribution in [1.82, 2.24) is 9.97 Å². The molecule has 0 amide bonds. The molecule has 0 spiro atoms. The molecular formula is C20H18F3N3O2. The zero-order chi connectivity index (χ0) is 20.1. The van der Waals surface area contributed by atoms with E-state index in [4.69, 9.17) is 0 Å². The number of benzene rings is 2. The molecule has 3 rings (SSSR count). The Balaban J connectivity index is 1.72. The lowest BCUT2D eigenvalue weighted by Crippen LogP contribution is -2.24. The van der Waals surface area contributed by atoms with Gasteiger partial charge >= 0.3 is 6.36 Å². The van der Waals surface area contributed by atoms with Crippen molar-refractivity contribution >= 4 is 5.82 Å². The topological polar surface area (TPSA) is 67.3 Å². The first-order valence-electron chi connectivity index (χ1n) is 8.49. The minimum absolute atomic E-state index is 0.303. The summed E-state index contributed by atoms with van der Waals surface area (Å²) in [5.74, 6) is 0.186. The Labute approximate surface area is 159 Å². The van der Waals surface area contributed by atoms with E-state index in [2.05, 4.69) is 20.0 Å². The number of nitrogens with one attached hydrogen (secondary N) is 1. The number of nitrogens with zero attached hydrogens (tertiary/aromatic N) is 2. The lowest BCUT2D eigenvalue weighted by Gasteiger charge is -2.21. The lowest BCUT2D eigenvalue weighted by atomic mass is 10.0. The fourth-order valence-corrected chi connectivity index (χ4v) is 2.67. The van der Waals surface area contributed by atoms with Gasteiger partial charge in [-0.25, -0.2) is 9.97 Å². The van der Waals surface area contributed by atoms with Gasteiger partial charge in [-0.15, -0.1) is 13.2 Å². The lowest BCUT2D eigenvalue weighted by molar-refractivity contribution is -0.274. The van der Waals surface area contributed by atoms with Crippen molar-refractivity contribution < 1.29 is 23.0 Å². The van der Waals surface area contributed by atoms with Crippen molar-refractivity contribution in [3.05, 3.63) is 72.6 Å². The number of hydrogen-bond acceptors (Lipinski definition) is 5. The number of halogens is 3. The second-order valence-electron chi connectivity index (χ2n) is 6.15. The number of rotatable bonds is 6. The van der Waals surface area contributed by atoms with Gasteiger partial charge in [-0.05, 0) is 36.8 Å². The van der Waals surface area contributed by atoms with Crippen molar-refractivity contribution in [2.24, 2.45) is 0 Å². The molecule has 0 fully saturated rings. The quantitative estimate of drug-likeness (QED) is 0.646. The molecule has 0 aliphatic carbocycles. The van der Waals surface area contributed by atoms with Gasteiger partial charge in [0.1, 0.15) is 17.9 Å². The molecule has 0 bridgehead atoms. The maximum absolute atomic E-state index is 12.3. The Bertz CT molecular complexity index is 903. The number of alkyl halides is 3. The van der Waals surface area contributed by atoms with E-state index in [0.29, 0.717) is 17.1 Å². The van der Waals surface area contributed by atoms with Crippen molar-refractivity contribution in [3.63, 3.8) is 0 Å². The van der Waals surface area contributed by atoms with E-state index in [-0.39, 0.29) is 11.8 Å². The fourth-order valence-electron chi connectivity index (χ4n) is 2.67. The summed E-state index contributed by atoms with van der Waals surface area (Å²) in [6.45, 7) is 1.82. The second-order valence-corrected chi connectivity index (χ2v) is 6.15. The van der Waals surface area contributed by atoms with E-state index in [1.807, 2.05) is 37.3 Å². The molecule has 0 saturated heterocycles. The Morgan fingerprint density at radius 1 is 1.00 bits per heavy atom. The summed E-state index contributed by atoms with van der Waals surface area (Å²) in [7, 11) is 0. The Morgan fingerprint density at radius 3 is 2.32 bits per heavy atom. The number of ether oxygens (including phenoxy) is 1. The largest absolute Gasteiger partial charge is 0.573 e. The van der Waals surface area contributed by atoms with Gasteiger partial charge < -0.3 is 15.2 Å². The Hall–Kier alpha value is -3.13. The van der Waals surface area contributed by atoms with E-state index >= 15 is 0 Å². The maximum Gasteiger partial charge on any atom is 0.573 e. The summed E-state index contributed by atoms with van der Waals surface area (Å²) in [6, 6.07) is 16.0. The van der Waals surface area contributed by atoms with Gasteiger partial charge in [0.2, 0.25) is 0 Å². The SMILES string of the molecule is C[C@@H](Nc1cc(-c2ccc(OC(F)(F)F)cc2)ncn1)[C@H](O)c1ccccc1. The predicted molar refractivity (Wildman–Crippen MR) is 98.6 cm³/mol. The summed E-state index contributed by atoms with van der Waals surface area (Å²) >= 11 is 0. The van der Waals surface area contributed by atoms with Crippen LogP contribution in [0.15, 0.2) is 67.0 Å². The zero-order valence-corrected chi connectivity index (χ0v) is 14.9. The molecule has 28 heavy (non-hydrogen) atoms. The van der Waals surface area contributed by atoms with Crippen molar-refractivity contribution in [3.8, 4) is 17.0 Å². The standard InChI is InChI=1S/C20H18F3N3O2/c1-13(19(27)15-5-3-2-4-6-15)26-18-11-17(24-12-25-18)14-7-9-16(10-8-14)28-20(21,22)23/h2-13,19,27H,1H3,(H,24,25,26)/t13-,19+/m1/s1. The second kappa shape index (κ2) is 8.26. The molecule has 8 heteroatoms. The van der Waals surface area contributed by atoms with Gasteiger partial charge in [-0.1, -0.05) is 30.3 Å².